The van der Waals surface area contributed by atoms with Gasteiger partial charge in [-0.1, -0.05) is 133 Å². The lowest BCUT2D eigenvalue weighted by Gasteiger charge is -2.23. The summed E-state index contributed by atoms with van der Waals surface area (Å²) in [7, 11) is 0. The number of para-hydroxylation sites is 2. The molecule has 0 amide bonds. The van der Waals surface area contributed by atoms with E-state index in [1.54, 1.807) is 0 Å². The fourth-order valence-corrected chi connectivity index (χ4v) is 7.64. The summed E-state index contributed by atoms with van der Waals surface area (Å²) in [5.74, 6) is 1.80. The molecule has 2 heterocycles. The van der Waals surface area contributed by atoms with E-state index in [2.05, 4.69) is 180 Å². The number of hydrogen-bond acceptors (Lipinski definition) is 1. The van der Waals surface area contributed by atoms with Crippen molar-refractivity contribution in [1.29, 1.82) is 0 Å². The smallest absolute Gasteiger partial charge is 0.135 e. The molecule has 0 atom stereocenters. The molecule has 0 unspecified atom stereocenters. The molecular weight excluding hydrogens is 583 g/mol. The van der Waals surface area contributed by atoms with Crippen LogP contribution in [0.1, 0.15) is 0 Å². The topological polar surface area (TPSA) is 14.2 Å². The first-order chi connectivity index (χ1) is 23.8. The summed E-state index contributed by atoms with van der Waals surface area (Å²) in [5, 5.41) is 4.91. The maximum atomic E-state index is 6.52. The molecule has 48 heavy (non-hydrogen) atoms. The molecule has 0 aliphatic carbocycles. The highest BCUT2D eigenvalue weighted by Crippen LogP contribution is 2.49. The lowest BCUT2D eigenvalue weighted by molar-refractivity contribution is 0.487. The van der Waals surface area contributed by atoms with Gasteiger partial charge in [-0.2, -0.15) is 0 Å². The average molecular weight is 612 g/mol. The van der Waals surface area contributed by atoms with Crippen molar-refractivity contribution in [2.45, 2.75) is 0 Å². The third-order valence-corrected chi connectivity index (χ3v) is 9.82. The van der Waals surface area contributed by atoms with Crippen molar-refractivity contribution in [2.75, 3.05) is 0 Å². The van der Waals surface area contributed by atoms with Gasteiger partial charge in [0, 0.05) is 27.4 Å². The van der Waals surface area contributed by atoms with Gasteiger partial charge >= 0.3 is 0 Å². The molecule has 0 spiro atoms. The third-order valence-electron chi connectivity index (χ3n) is 9.82. The Morgan fingerprint density at radius 1 is 0.333 bits per heavy atom. The molecule has 9 aromatic rings. The zero-order chi connectivity index (χ0) is 31.6. The van der Waals surface area contributed by atoms with Crippen molar-refractivity contribution >= 4 is 32.6 Å². The van der Waals surface area contributed by atoms with E-state index in [0.29, 0.717) is 0 Å². The molecule has 8 aromatic carbocycles. The van der Waals surface area contributed by atoms with E-state index >= 15 is 0 Å². The number of ether oxygens (including phenoxy) is 1. The molecule has 0 radical (unpaired) electrons. The molecule has 224 valence electrons. The van der Waals surface area contributed by atoms with Gasteiger partial charge in [0.1, 0.15) is 11.5 Å². The molecule has 0 N–H and O–H groups in total. The Balaban J connectivity index is 1.07. The van der Waals surface area contributed by atoms with Gasteiger partial charge in [0.2, 0.25) is 0 Å². The largest absolute Gasteiger partial charge is 0.456 e. The van der Waals surface area contributed by atoms with Gasteiger partial charge in [-0.15, -0.1) is 0 Å². The second-order valence-corrected chi connectivity index (χ2v) is 12.5. The Bertz CT molecular complexity index is 2670. The Morgan fingerprint density at radius 2 is 0.958 bits per heavy atom. The normalized spacial score (nSPS) is 11.9. The van der Waals surface area contributed by atoms with Crippen LogP contribution in [0.15, 0.2) is 176 Å². The lowest BCUT2D eigenvalue weighted by Crippen LogP contribution is -1.98. The Labute approximate surface area is 278 Å². The monoisotopic (exact) mass is 611 g/mol. The molecule has 10 rings (SSSR count). The molecule has 2 nitrogen and oxygen atoms in total. The van der Waals surface area contributed by atoms with E-state index in [9.17, 15) is 0 Å². The zero-order valence-electron chi connectivity index (χ0n) is 26.1. The van der Waals surface area contributed by atoms with E-state index in [0.717, 1.165) is 17.1 Å². The molecule has 2 heteroatoms. The number of fused-ring (bicyclic) bond motifs is 5. The molecule has 1 aliphatic rings. The number of benzene rings is 8. The number of aromatic nitrogens is 1. The van der Waals surface area contributed by atoms with E-state index in [1.807, 2.05) is 0 Å². The fraction of sp³-hybridized carbons (Fsp3) is 0. The van der Waals surface area contributed by atoms with Crippen LogP contribution in [0.2, 0.25) is 0 Å². The van der Waals surface area contributed by atoms with E-state index < -0.39 is 0 Å². The highest BCUT2D eigenvalue weighted by Gasteiger charge is 2.22. The first-order valence-electron chi connectivity index (χ1n) is 16.4. The first kappa shape index (κ1) is 26.8. The summed E-state index contributed by atoms with van der Waals surface area (Å²) in [6.07, 6.45) is 0. The van der Waals surface area contributed by atoms with Gasteiger partial charge in [-0.25, -0.2) is 0 Å². The van der Waals surface area contributed by atoms with E-state index in [-0.39, 0.29) is 0 Å². The molecule has 0 bridgehead atoms. The van der Waals surface area contributed by atoms with Gasteiger partial charge in [-0.3, -0.25) is 0 Å². The lowest BCUT2D eigenvalue weighted by atomic mass is 9.89. The standard InChI is InChI=1S/C46H29NO/c1-3-11-31(12-4-1)35-26-28-44-46-37(35)17-9-18-38(46)40-29-33(25-27-43(40)48-44)30-21-23-32(24-22-30)36-16-10-20-42-45(36)39-15-7-8-19-41(39)47(42)34-13-5-2-6-14-34/h1-29H. The van der Waals surface area contributed by atoms with E-state index in [1.165, 1.54) is 77.2 Å². The second kappa shape index (κ2) is 10.6. The van der Waals surface area contributed by atoms with Crippen LogP contribution in [0.5, 0.6) is 11.5 Å². The highest BCUT2D eigenvalue weighted by molar-refractivity contribution is 6.16. The predicted octanol–water partition coefficient (Wildman–Crippen LogP) is 12.7. The molecule has 0 saturated heterocycles. The van der Waals surface area contributed by atoms with Crippen molar-refractivity contribution in [2.24, 2.45) is 0 Å². The van der Waals surface area contributed by atoms with Crippen molar-refractivity contribution in [3.8, 4) is 61.7 Å². The SMILES string of the molecule is c1ccc(-c2ccc3c4c(cccc24)-c2cc(-c4ccc(-c5cccc6c5c5ccccc5n6-c5ccccc5)cc4)ccc2O3)cc1. The summed E-state index contributed by atoms with van der Waals surface area (Å²) >= 11 is 0. The summed E-state index contributed by atoms with van der Waals surface area (Å²) in [6, 6.07) is 63.1. The maximum absolute atomic E-state index is 6.52. The van der Waals surface area contributed by atoms with Gasteiger partial charge < -0.3 is 9.30 Å². The van der Waals surface area contributed by atoms with Crippen LogP contribution in [0.4, 0.5) is 0 Å². The van der Waals surface area contributed by atoms with Crippen LogP contribution in [0, 0.1) is 0 Å². The zero-order valence-corrected chi connectivity index (χ0v) is 26.1. The Kier molecular flexibility index (Phi) is 5.91. The predicted molar refractivity (Wildman–Crippen MR) is 200 cm³/mol. The molecule has 0 fully saturated rings. The molecule has 0 saturated carbocycles. The van der Waals surface area contributed by atoms with Crippen molar-refractivity contribution in [1.82, 2.24) is 4.57 Å². The summed E-state index contributed by atoms with van der Waals surface area (Å²) in [4.78, 5) is 0. The average Bonchev–Trinajstić information content (AvgIpc) is 3.50. The Morgan fingerprint density at radius 3 is 1.81 bits per heavy atom. The molecular formula is C46H29NO. The van der Waals surface area contributed by atoms with Crippen LogP contribution >= 0.6 is 0 Å². The third kappa shape index (κ3) is 4.06. The van der Waals surface area contributed by atoms with Gasteiger partial charge in [0.25, 0.3) is 0 Å². The Hall–Kier alpha value is -6.38. The van der Waals surface area contributed by atoms with Gasteiger partial charge in [0.15, 0.2) is 0 Å². The van der Waals surface area contributed by atoms with Gasteiger partial charge in [-0.05, 0) is 86.8 Å². The van der Waals surface area contributed by atoms with Crippen LogP contribution < -0.4 is 4.74 Å². The first-order valence-corrected chi connectivity index (χ1v) is 16.4. The number of nitrogens with zero attached hydrogens (tertiary/aromatic N) is 1. The minimum atomic E-state index is 0.893. The summed E-state index contributed by atoms with van der Waals surface area (Å²) in [5.41, 5.74) is 13.1. The van der Waals surface area contributed by atoms with Crippen LogP contribution in [0.3, 0.4) is 0 Å². The minimum Gasteiger partial charge on any atom is -0.456 e. The van der Waals surface area contributed by atoms with Crippen molar-refractivity contribution in [3.63, 3.8) is 0 Å². The quantitative estimate of drug-likeness (QED) is 0.193. The molecule has 1 aromatic heterocycles. The van der Waals surface area contributed by atoms with Gasteiger partial charge in [0.05, 0.1) is 11.0 Å². The molecule has 1 aliphatic heterocycles. The van der Waals surface area contributed by atoms with Crippen LogP contribution in [0.25, 0.3) is 82.8 Å². The maximum Gasteiger partial charge on any atom is 0.135 e. The second-order valence-electron chi connectivity index (χ2n) is 12.5. The highest BCUT2D eigenvalue weighted by atomic mass is 16.5. The number of rotatable bonds is 4. The van der Waals surface area contributed by atoms with Crippen LogP contribution in [-0.4, -0.2) is 4.57 Å². The van der Waals surface area contributed by atoms with E-state index in [4.69, 9.17) is 4.74 Å². The van der Waals surface area contributed by atoms with Crippen molar-refractivity contribution < 1.29 is 4.74 Å². The van der Waals surface area contributed by atoms with Crippen LogP contribution in [-0.2, 0) is 0 Å². The number of hydrogen-bond donors (Lipinski definition) is 0. The minimum absolute atomic E-state index is 0.893. The summed E-state index contributed by atoms with van der Waals surface area (Å²) in [6.45, 7) is 0. The summed E-state index contributed by atoms with van der Waals surface area (Å²) < 4.78 is 8.89. The fourth-order valence-electron chi connectivity index (χ4n) is 7.64. The van der Waals surface area contributed by atoms with Crippen molar-refractivity contribution in [3.05, 3.63) is 176 Å².